The van der Waals surface area contributed by atoms with Crippen molar-refractivity contribution in [2.24, 2.45) is 0 Å². The first-order chi connectivity index (χ1) is 9.54. The predicted octanol–water partition coefficient (Wildman–Crippen LogP) is 5.41. The van der Waals surface area contributed by atoms with Crippen LogP contribution in [0.25, 0.3) is 0 Å². The second-order valence-electron chi connectivity index (χ2n) is 5.21. The number of hydrogen-bond acceptors (Lipinski definition) is 2. The third-order valence-electron chi connectivity index (χ3n) is 2.95. The number of rotatable bonds is 5. The number of hydrogen-bond donors (Lipinski definition) is 1. The summed E-state index contributed by atoms with van der Waals surface area (Å²) in [6.07, 6.45) is 0. The number of nitrogens with one attached hydrogen (secondary N) is 1. The predicted molar refractivity (Wildman–Crippen MR) is 91.4 cm³/mol. The van der Waals surface area contributed by atoms with Crippen LogP contribution in [0.5, 0.6) is 0 Å². The minimum absolute atomic E-state index is 0.496. The van der Waals surface area contributed by atoms with Gasteiger partial charge in [-0.2, -0.15) is 0 Å². The van der Waals surface area contributed by atoms with Crippen molar-refractivity contribution in [3.05, 3.63) is 58.1 Å². The highest BCUT2D eigenvalue weighted by Crippen LogP contribution is 2.33. The van der Waals surface area contributed by atoms with E-state index in [1.54, 1.807) is 0 Å². The molecule has 0 aliphatic rings. The fourth-order valence-corrected chi connectivity index (χ4v) is 3.50. The smallest absolute Gasteiger partial charge is 0.0219 e. The maximum Gasteiger partial charge on any atom is 0.0219 e. The summed E-state index contributed by atoms with van der Waals surface area (Å²) < 4.78 is 1.13. The average molecular weight is 350 g/mol. The Bertz CT molecular complexity index is 581. The molecule has 0 aromatic heterocycles. The third kappa shape index (κ3) is 4.65. The van der Waals surface area contributed by atoms with Crippen molar-refractivity contribution in [3.63, 3.8) is 0 Å². The fraction of sp³-hybridized carbons (Fsp3) is 0.294. The Kier molecular flexibility index (Phi) is 5.70. The highest BCUT2D eigenvalue weighted by atomic mass is 79.9. The summed E-state index contributed by atoms with van der Waals surface area (Å²) in [5.41, 5.74) is 2.64. The molecule has 1 nitrogen and oxygen atoms in total. The molecule has 0 radical (unpaired) electrons. The first kappa shape index (κ1) is 15.6. The second kappa shape index (κ2) is 7.30. The van der Waals surface area contributed by atoms with Crippen LogP contribution < -0.4 is 5.32 Å². The van der Waals surface area contributed by atoms with Crippen molar-refractivity contribution in [2.45, 2.75) is 43.1 Å². The Balaban J connectivity index is 2.22. The molecule has 2 aromatic rings. The highest BCUT2D eigenvalue weighted by molar-refractivity contribution is 9.10. The van der Waals surface area contributed by atoms with Gasteiger partial charge in [-0.05, 0) is 36.8 Å². The SMILES string of the molecule is Cc1cccc(Sc2cc(Br)ccc2CNC(C)C)c1. The molecule has 20 heavy (non-hydrogen) atoms. The molecule has 0 spiro atoms. The number of halogens is 1. The Morgan fingerprint density at radius 3 is 2.65 bits per heavy atom. The van der Waals surface area contributed by atoms with Gasteiger partial charge in [0.25, 0.3) is 0 Å². The Morgan fingerprint density at radius 1 is 1.15 bits per heavy atom. The van der Waals surface area contributed by atoms with Gasteiger partial charge in [0.2, 0.25) is 0 Å². The quantitative estimate of drug-likeness (QED) is 0.774. The van der Waals surface area contributed by atoms with Gasteiger partial charge in [0.15, 0.2) is 0 Å². The van der Waals surface area contributed by atoms with E-state index in [-0.39, 0.29) is 0 Å². The topological polar surface area (TPSA) is 12.0 Å². The lowest BCUT2D eigenvalue weighted by Gasteiger charge is -2.13. The Hall–Kier alpha value is -0.770. The molecule has 0 bridgehead atoms. The van der Waals surface area contributed by atoms with Crippen molar-refractivity contribution in [3.8, 4) is 0 Å². The molecule has 0 atom stereocenters. The van der Waals surface area contributed by atoms with E-state index in [0.717, 1.165) is 11.0 Å². The minimum Gasteiger partial charge on any atom is -0.310 e. The largest absolute Gasteiger partial charge is 0.310 e. The monoisotopic (exact) mass is 349 g/mol. The first-order valence-corrected chi connectivity index (χ1v) is 8.42. The molecule has 2 aromatic carbocycles. The Morgan fingerprint density at radius 2 is 1.95 bits per heavy atom. The molecule has 0 saturated heterocycles. The van der Waals surface area contributed by atoms with Crippen molar-refractivity contribution in [1.82, 2.24) is 5.32 Å². The van der Waals surface area contributed by atoms with Gasteiger partial charge < -0.3 is 5.32 Å². The van der Waals surface area contributed by atoms with Gasteiger partial charge in [0, 0.05) is 26.9 Å². The van der Waals surface area contributed by atoms with Crippen LogP contribution in [0.4, 0.5) is 0 Å². The van der Waals surface area contributed by atoms with E-state index in [9.17, 15) is 0 Å². The molecule has 0 amide bonds. The molecule has 0 aliphatic heterocycles. The van der Waals surface area contributed by atoms with Crippen LogP contribution in [0.15, 0.2) is 56.7 Å². The highest BCUT2D eigenvalue weighted by Gasteiger charge is 2.06. The summed E-state index contributed by atoms with van der Waals surface area (Å²) >= 11 is 5.39. The van der Waals surface area contributed by atoms with Gasteiger partial charge in [0.1, 0.15) is 0 Å². The van der Waals surface area contributed by atoms with Crippen molar-refractivity contribution in [1.29, 1.82) is 0 Å². The second-order valence-corrected chi connectivity index (χ2v) is 7.24. The van der Waals surface area contributed by atoms with E-state index >= 15 is 0 Å². The summed E-state index contributed by atoms with van der Waals surface area (Å²) in [6.45, 7) is 7.38. The lowest BCUT2D eigenvalue weighted by Crippen LogP contribution is -2.22. The lowest BCUT2D eigenvalue weighted by molar-refractivity contribution is 0.584. The van der Waals surface area contributed by atoms with Gasteiger partial charge in [-0.15, -0.1) is 0 Å². The lowest BCUT2D eigenvalue weighted by atomic mass is 10.2. The van der Waals surface area contributed by atoms with Gasteiger partial charge in [-0.3, -0.25) is 0 Å². The van der Waals surface area contributed by atoms with Crippen LogP contribution in [0.3, 0.4) is 0 Å². The number of aryl methyl sites for hydroxylation is 1. The summed E-state index contributed by atoms with van der Waals surface area (Å²) in [7, 11) is 0. The van der Waals surface area contributed by atoms with E-state index in [4.69, 9.17) is 0 Å². The summed E-state index contributed by atoms with van der Waals surface area (Å²) in [6, 6.07) is 15.6. The zero-order valence-electron chi connectivity index (χ0n) is 12.1. The van der Waals surface area contributed by atoms with E-state index in [1.807, 2.05) is 11.8 Å². The van der Waals surface area contributed by atoms with Crippen LogP contribution in [0, 0.1) is 6.92 Å². The first-order valence-electron chi connectivity index (χ1n) is 6.81. The summed E-state index contributed by atoms with van der Waals surface area (Å²) in [4.78, 5) is 2.59. The van der Waals surface area contributed by atoms with Crippen LogP contribution in [-0.2, 0) is 6.54 Å². The minimum atomic E-state index is 0.496. The van der Waals surface area contributed by atoms with Gasteiger partial charge >= 0.3 is 0 Å². The molecule has 0 fully saturated rings. The van der Waals surface area contributed by atoms with Crippen molar-refractivity contribution in [2.75, 3.05) is 0 Å². The average Bonchev–Trinajstić information content (AvgIpc) is 2.37. The molecule has 1 N–H and O–H groups in total. The molecular weight excluding hydrogens is 330 g/mol. The molecule has 0 aliphatic carbocycles. The van der Waals surface area contributed by atoms with E-state index in [0.29, 0.717) is 6.04 Å². The molecule has 3 heteroatoms. The molecule has 2 rings (SSSR count). The zero-order valence-corrected chi connectivity index (χ0v) is 14.5. The molecule has 0 unspecified atom stereocenters. The van der Waals surface area contributed by atoms with Gasteiger partial charge in [-0.1, -0.05) is 65.3 Å². The van der Waals surface area contributed by atoms with E-state index in [1.165, 1.54) is 20.9 Å². The molecule has 0 saturated carbocycles. The van der Waals surface area contributed by atoms with Crippen molar-refractivity contribution >= 4 is 27.7 Å². The van der Waals surface area contributed by atoms with Crippen LogP contribution in [-0.4, -0.2) is 6.04 Å². The third-order valence-corrected chi connectivity index (χ3v) is 4.53. The summed E-state index contributed by atoms with van der Waals surface area (Å²) in [5, 5.41) is 3.49. The van der Waals surface area contributed by atoms with Gasteiger partial charge in [-0.25, -0.2) is 0 Å². The van der Waals surface area contributed by atoms with Crippen LogP contribution >= 0.6 is 27.7 Å². The van der Waals surface area contributed by atoms with Gasteiger partial charge in [0.05, 0.1) is 0 Å². The van der Waals surface area contributed by atoms with E-state index < -0.39 is 0 Å². The molecule has 106 valence electrons. The molecular formula is C17H20BrNS. The van der Waals surface area contributed by atoms with Crippen LogP contribution in [0.1, 0.15) is 25.0 Å². The molecule has 0 heterocycles. The Labute approximate surface area is 134 Å². The summed E-state index contributed by atoms with van der Waals surface area (Å²) in [5.74, 6) is 0. The zero-order chi connectivity index (χ0) is 14.5. The maximum atomic E-state index is 3.57. The normalized spacial score (nSPS) is 11.1. The number of benzene rings is 2. The van der Waals surface area contributed by atoms with Crippen LogP contribution in [0.2, 0.25) is 0 Å². The van der Waals surface area contributed by atoms with E-state index in [2.05, 4.69) is 84.5 Å². The maximum absolute atomic E-state index is 3.57. The fourth-order valence-electron chi connectivity index (χ4n) is 1.89. The van der Waals surface area contributed by atoms with Crippen molar-refractivity contribution < 1.29 is 0 Å². The standard InChI is InChI=1S/C17H20BrNS/c1-12(2)19-11-14-7-8-15(18)10-17(14)20-16-6-4-5-13(3)9-16/h4-10,12,19H,11H2,1-3H3.